The fourth-order valence-corrected chi connectivity index (χ4v) is 1.41. The molecule has 0 unspecified atom stereocenters. The second kappa shape index (κ2) is 3.81. The number of aromatic carboxylic acids is 1. The van der Waals surface area contributed by atoms with E-state index in [1.165, 1.54) is 11.6 Å². The van der Waals surface area contributed by atoms with Gasteiger partial charge in [-0.3, -0.25) is 0 Å². The van der Waals surface area contributed by atoms with Crippen molar-refractivity contribution in [2.75, 3.05) is 0 Å². The van der Waals surface area contributed by atoms with Crippen molar-refractivity contribution >= 4 is 5.97 Å². The SMILES string of the molecule is Cc1ccc(-c2cc(C(=O)O)no2)cc1C. The normalized spacial score (nSPS) is 10.4. The number of hydrogen-bond acceptors (Lipinski definition) is 3. The van der Waals surface area contributed by atoms with Crippen LogP contribution >= 0.6 is 0 Å². The molecule has 0 aliphatic carbocycles. The first-order chi connectivity index (χ1) is 7.58. The molecule has 2 rings (SSSR count). The summed E-state index contributed by atoms with van der Waals surface area (Å²) in [5.74, 6) is -0.612. The van der Waals surface area contributed by atoms with Crippen molar-refractivity contribution in [1.82, 2.24) is 5.16 Å². The lowest BCUT2D eigenvalue weighted by atomic mass is 10.0. The largest absolute Gasteiger partial charge is 0.476 e. The van der Waals surface area contributed by atoms with Crippen LogP contribution in [0.3, 0.4) is 0 Å². The second-order valence-corrected chi connectivity index (χ2v) is 3.68. The first-order valence-corrected chi connectivity index (χ1v) is 4.85. The van der Waals surface area contributed by atoms with E-state index < -0.39 is 5.97 Å². The van der Waals surface area contributed by atoms with Crippen LogP contribution in [0.2, 0.25) is 0 Å². The molecule has 0 spiro atoms. The van der Waals surface area contributed by atoms with Crippen LogP contribution in [0.15, 0.2) is 28.8 Å². The Balaban J connectivity index is 2.42. The summed E-state index contributed by atoms with van der Waals surface area (Å²) in [5.41, 5.74) is 3.07. The minimum Gasteiger partial charge on any atom is -0.476 e. The predicted octanol–water partition coefficient (Wildman–Crippen LogP) is 2.66. The van der Waals surface area contributed by atoms with Crippen LogP contribution < -0.4 is 0 Å². The molecule has 0 amide bonds. The van der Waals surface area contributed by atoms with Gasteiger partial charge < -0.3 is 9.63 Å². The molecule has 4 nitrogen and oxygen atoms in total. The summed E-state index contributed by atoms with van der Waals surface area (Å²) in [6.07, 6.45) is 0. The number of carbonyl (C=O) groups is 1. The van der Waals surface area contributed by atoms with E-state index in [0.717, 1.165) is 11.1 Å². The van der Waals surface area contributed by atoms with E-state index in [1.54, 1.807) is 0 Å². The van der Waals surface area contributed by atoms with Gasteiger partial charge in [-0.25, -0.2) is 4.79 Å². The smallest absolute Gasteiger partial charge is 0.358 e. The van der Waals surface area contributed by atoms with Gasteiger partial charge in [-0.2, -0.15) is 0 Å². The van der Waals surface area contributed by atoms with Gasteiger partial charge in [0.15, 0.2) is 11.5 Å². The van der Waals surface area contributed by atoms with Crippen molar-refractivity contribution in [3.63, 3.8) is 0 Å². The fraction of sp³-hybridized carbons (Fsp3) is 0.167. The van der Waals surface area contributed by atoms with Crippen molar-refractivity contribution in [2.24, 2.45) is 0 Å². The van der Waals surface area contributed by atoms with Crippen molar-refractivity contribution in [3.05, 3.63) is 41.1 Å². The van der Waals surface area contributed by atoms with Crippen molar-refractivity contribution < 1.29 is 14.4 Å². The summed E-state index contributed by atoms with van der Waals surface area (Å²) in [6, 6.07) is 7.22. The zero-order chi connectivity index (χ0) is 11.7. The third kappa shape index (κ3) is 1.82. The van der Waals surface area contributed by atoms with Crippen molar-refractivity contribution in [3.8, 4) is 11.3 Å². The predicted molar refractivity (Wildman–Crippen MR) is 58.4 cm³/mol. The summed E-state index contributed by atoms with van der Waals surface area (Å²) < 4.78 is 4.98. The van der Waals surface area contributed by atoms with E-state index in [9.17, 15) is 4.79 Å². The van der Waals surface area contributed by atoms with Gasteiger partial charge in [0.2, 0.25) is 0 Å². The van der Waals surface area contributed by atoms with E-state index in [-0.39, 0.29) is 5.69 Å². The molecule has 1 aromatic heterocycles. The molecule has 82 valence electrons. The molecule has 0 radical (unpaired) electrons. The van der Waals surface area contributed by atoms with Gasteiger partial charge in [0.25, 0.3) is 0 Å². The maximum atomic E-state index is 10.6. The Kier molecular flexibility index (Phi) is 2.48. The monoisotopic (exact) mass is 217 g/mol. The molecule has 0 saturated carbocycles. The highest BCUT2D eigenvalue weighted by Gasteiger charge is 2.12. The van der Waals surface area contributed by atoms with Crippen LogP contribution in [0.25, 0.3) is 11.3 Å². The minimum atomic E-state index is -1.08. The molecule has 4 heteroatoms. The van der Waals surface area contributed by atoms with E-state index in [2.05, 4.69) is 5.16 Å². The molecule has 0 atom stereocenters. The number of carboxylic acid groups (broad SMARTS) is 1. The maximum Gasteiger partial charge on any atom is 0.358 e. The molecule has 2 aromatic rings. The van der Waals surface area contributed by atoms with Crippen molar-refractivity contribution in [2.45, 2.75) is 13.8 Å². The van der Waals surface area contributed by atoms with Crippen molar-refractivity contribution in [1.29, 1.82) is 0 Å². The van der Waals surface area contributed by atoms with Crippen LogP contribution in [0, 0.1) is 13.8 Å². The molecule has 0 fully saturated rings. The summed E-state index contributed by atoms with van der Waals surface area (Å²) in [6.45, 7) is 4.01. The van der Waals surface area contributed by atoms with E-state index in [4.69, 9.17) is 9.63 Å². The van der Waals surface area contributed by atoms with Gasteiger partial charge in [0.05, 0.1) is 0 Å². The summed E-state index contributed by atoms with van der Waals surface area (Å²) in [7, 11) is 0. The fourth-order valence-electron chi connectivity index (χ4n) is 1.41. The highest BCUT2D eigenvalue weighted by molar-refractivity contribution is 5.86. The third-order valence-corrected chi connectivity index (χ3v) is 2.52. The molecule has 16 heavy (non-hydrogen) atoms. The number of carboxylic acids is 1. The Hall–Kier alpha value is -2.10. The molecular formula is C12H11NO3. The average molecular weight is 217 g/mol. The Morgan fingerprint density at radius 2 is 2.00 bits per heavy atom. The van der Waals surface area contributed by atoms with E-state index >= 15 is 0 Å². The average Bonchev–Trinajstić information content (AvgIpc) is 2.71. The molecule has 0 bridgehead atoms. The maximum absolute atomic E-state index is 10.6. The zero-order valence-electron chi connectivity index (χ0n) is 9.02. The Bertz CT molecular complexity index is 543. The van der Waals surface area contributed by atoms with Gasteiger partial charge in [-0.15, -0.1) is 0 Å². The molecule has 1 heterocycles. The van der Waals surface area contributed by atoms with E-state index in [1.807, 2.05) is 32.0 Å². The summed E-state index contributed by atoms with van der Waals surface area (Å²) in [4.78, 5) is 10.6. The number of rotatable bonds is 2. The lowest BCUT2D eigenvalue weighted by Crippen LogP contribution is -1.94. The van der Waals surface area contributed by atoms with Gasteiger partial charge in [0, 0.05) is 11.6 Å². The third-order valence-electron chi connectivity index (χ3n) is 2.52. The van der Waals surface area contributed by atoms with Crippen LogP contribution in [0.5, 0.6) is 0 Å². The number of benzene rings is 1. The number of aromatic nitrogens is 1. The van der Waals surface area contributed by atoms with Gasteiger partial charge in [0.1, 0.15) is 0 Å². The van der Waals surface area contributed by atoms with Gasteiger partial charge in [-0.1, -0.05) is 17.3 Å². The van der Waals surface area contributed by atoms with Crippen LogP contribution in [-0.2, 0) is 0 Å². The van der Waals surface area contributed by atoms with Gasteiger partial charge in [-0.05, 0) is 31.0 Å². The van der Waals surface area contributed by atoms with Crippen LogP contribution in [0.4, 0.5) is 0 Å². The topological polar surface area (TPSA) is 63.3 Å². The second-order valence-electron chi connectivity index (χ2n) is 3.68. The Labute approximate surface area is 92.5 Å². The number of hydrogen-bond donors (Lipinski definition) is 1. The Morgan fingerprint density at radius 3 is 2.56 bits per heavy atom. The van der Waals surface area contributed by atoms with Gasteiger partial charge >= 0.3 is 5.97 Å². The number of aryl methyl sites for hydroxylation is 2. The molecule has 0 saturated heterocycles. The molecule has 0 aliphatic heterocycles. The first-order valence-electron chi connectivity index (χ1n) is 4.85. The molecule has 1 aromatic carbocycles. The summed E-state index contributed by atoms with van der Waals surface area (Å²) >= 11 is 0. The van der Waals surface area contributed by atoms with Crippen LogP contribution in [0.1, 0.15) is 21.6 Å². The summed E-state index contributed by atoms with van der Waals surface area (Å²) in [5, 5.41) is 12.2. The standard InChI is InChI=1S/C12H11NO3/c1-7-3-4-9(5-8(7)2)11-6-10(12(14)15)13-16-11/h3-6H,1-2H3,(H,14,15). The first kappa shape index (κ1) is 10.4. The van der Waals surface area contributed by atoms with E-state index in [0.29, 0.717) is 5.76 Å². The molecule has 1 N–H and O–H groups in total. The molecular weight excluding hydrogens is 206 g/mol. The lowest BCUT2D eigenvalue weighted by Gasteiger charge is -2.01. The quantitative estimate of drug-likeness (QED) is 0.839. The van der Waals surface area contributed by atoms with Crippen LogP contribution in [-0.4, -0.2) is 16.2 Å². The number of nitrogens with zero attached hydrogens (tertiary/aromatic N) is 1. The highest BCUT2D eigenvalue weighted by Crippen LogP contribution is 2.22. The molecule has 0 aliphatic rings. The highest BCUT2D eigenvalue weighted by atomic mass is 16.5. The zero-order valence-corrected chi connectivity index (χ0v) is 9.02. The Morgan fingerprint density at radius 1 is 1.25 bits per heavy atom. The lowest BCUT2D eigenvalue weighted by molar-refractivity contribution is 0.0686. The minimum absolute atomic E-state index is 0.0757.